The van der Waals surface area contributed by atoms with Crippen LogP contribution in [-0.4, -0.2) is 49.3 Å². The van der Waals surface area contributed by atoms with E-state index in [4.69, 9.17) is 24.3 Å². The number of esters is 2. The summed E-state index contributed by atoms with van der Waals surface area (Å²) in [5, 5.41) is 0. The normalized spacial score (nSPS) is 13.1. The van der Waals surface area contributed by atoms with Crippen LogP contribution >= 0.6 is 7.82 Å². The van der Waals surface area contributed by atoms with Crippen LogP contribution in [0.5, 0.6) is 0 Å². The summed E-state index contributed by atoms with van der Waals surface area (Å²) >= 11 is 0. The van der Waals surface area contributed by atoms with Crippen molar-refractivity contribution >= 4 is 19.8 Å². The van der Waals surface area contributed by atoms with Gasteiger partial charge in [0.2, 0.25) is 0 Å². The number of hydrogen-bond acceptors (Lipinski definition) is 8. The average Bonchev–Trinajstić information content (AvgIpc) is 3.35. The molecule has 0 saturated carbocycles. The Labute approximate surface area is 433 Å². The Hall–Kier alpha value is -1.51. The molecule has 0 rings (SSSR count). The van der Waals surface area contributed by atoms with Gasteiger partial charge in [0.05, 0.1) is 13.2 Å². The van der Waals surface area contributed by atoms with Crippen molar-refractivity contribution in [3.63, 3.8) is 0 Å². The minimum Gasteiger partial charge on any atom is -0.462 e. The SMILES string of the molecule is CCCCC/C=C\C/C=C\CCCCCCCCCC(=O)OC(COC(=O)CCCCCCCCCCCCCCCCCCCCCCCCCCCCCCCCCC)COP(=O)(O)OCCN. The van der Waals surface area contributed by atoms with Crippen molar-refractivity contribution in [3.8, 4) is 0 Å². The summed E-state index contributed by atoms with van der Waals surface area (Å²) < 4.78 is 33.0. The predicted molar refractivity (Wildman–Crippen MR) is 298 cm³/mol. The molecule has 0 aliphatic heterocycles. The number of nitrogens with two attached hydrogens (primary N) is 1. The van der Waals surface area contributed by atoms with Gasteiger partial charge in [-0.2, -0.15) is 0 Å². The molecule has 414 valence electrons. The number of ether oxygens (including phenoxy) is 2. The van der Waals surface area contributed by atoms with Crippen molar-refractivity contribution < 1.29 is 37.6 Å². The van der Waals surface area contributed by atoms with Crippen LogP contribution in [0.2, 0.25) is 0 Å². The van der Waals surface area contributed by atoms with Crippen molar-refractivity contribution in [1.29, 1.82) is 0 Å². The van der Waals surface area contributed by atoms with Crippen LogP contribution in [0.1, 0.15) is 316 Å². The van der Waals surface area contributed by atoms with E-state index in [1.165, 1.54) is 231 Å². The lowest BCUT2D eigenvalue weighted by Gasteiger charge is -2.19. The molecule has 2 unspecified atom stereocenters. The molecule has 70 heavy (non-hydrogen) atoms. The number of carbonyl (C=O) groups excluding carboxylic acids is 2. The van der Waals surface area contributed by atoms with Gasteiger partial charge in [-0.05, 0) is 44.9 Å². The quantitative estimate of drug-likeness (QED) is 0.0264. The molecule has 0 saturated heterocycles. The Morgan fingerprint density at radius 2 is 0.743 bits per heavy atom. The maximum absolute atomic E-state index is 12.7. The minimum atomic E-state index is -4.39. The molecule has 0 aromatic heterocycles. The highest BCUT2D eigenvalue weighted by Crippen LogP contribution is 2.43. The van der Waals surface area contributed by atoms with Gasteiger partial charge in [0, 0.05) is 19.4 Å². The average molecular weight is 1010 g/mol. The molecule has 0 aliphatic rings. The second kappa shape index (κ2) is 56.8. The molecule has 0 bridgehead atoms. The Balaban J connectivity index is 3.82. The molecular formula is C60H116NO8P. The van der Waals surface area contributed by atoms with Crippen LogP contribution in [0, 0.1) is 0 Å². The molecule has 3 N–H and O–H groups in total. The van der Waals surface area contributed by atoms with E-state index in [0.29, 0.717) is 6.42 Å². The van der Waals surface area contributed by atoms with Gasteiger partial charge in [0.15, 0.2) is 6.10 Å². The van der Waals surface area contributed by atoms with Crippen LogP contribution in [0.3, 0.4) is 0 Å². The molecule has 10 heteroatoms. The molecule has 0 aromatic carbocycles. The zero-order chi connectivity index (χ0) is 51.0. The molecule has 0 fully saturated rings. The third-order valence-corrected chi connectivity index (χ3v) is 14.6. The van der Waals surface area contributed by atoms with Gasteiger partial charge in [0.1, 0.15) is 6.61 Å². The summed E-state index contributed by atoms with van der Waals surface area (Å²) in [6, 6.07) is 0. The van der Waals surface area contributed by atoms with Crippen molar-refractivity contribution in [2.75, 3.05) is 26.4 Å². The molecular weight excluding hydrogens is 894 g/mol. The first-order valence-corrected chi connectivity index (χ1v) is 31.8. The molecule has 9 nitrogen and oxygen atoms in total. The Kier molecular flexibility index (Phi) is 55.6. The fourth-order valence-corrected chi connectivity index (χ4v) is 9.85. The number of hydrogen-bond donors (Lipinski definition) is 2. The van der Waals surface area contributed by atoms with Gasteiger partial charge in [-0.15, -0.1) is 0 Å². The van der Waals surface area contributed by atoms with E-state index < -0.39 is 26.5 Å². The summed E-state index contributed by atoms with van der Waals surface area (Å²) in [6.07, 6.45) is 66.9. The maximum Gasteiger partial charge on any atom is 0.472 e. The van der Waals surface area contributed by atoms with Crippen molar-refractivity contribution in [2.24, 2.45) is 5.73 Å². The summed E-state index contributed by atoms with van der Waals surface area (Å²) in [7, 11) is -4.39. The van der Waals surface area contributed by atoms with Gasteiger partial charge in [-0.1, -0.05) is 282 Å². The van der Waals surface area contributed by atoms with Crippen molar-refractivity contribution in [2.45, 2.75) is 322 Å². The Bertz CT molecular complexity index is 1200. The predicted octanol–water partition coefficient (Wildman–Crippen LogP) is 19.0. The van der Waals surface area contributed by atoms with Crippen LogP contribution in [0.15, 0.2) is 24.3 Å². The minimum absolute atomic E-state index is 0.0540. The van der Waals surface area contributed by atoms with E-state index in [1.54, 1.807) is 0 Å². The first kappa shape index (κ1) is 68.5. The zero-order valence-electron chi connectivity index (χ0n) is 46.3. The van der Waals surface area contributed by atoms with Gasteiger partial charge in [-0.25, -0.2) is 4.57 Å². The van der Waals surface area contributed by atoms with E-state index >= 15 is 0 Å². The summed E-state index contributed by atoms with van der Waals surface area (Å²) in [5.74, 6) is -0.821. The summed E-state index contributed by atoms with van der Waals surface area (Å²) in [4.78, 5) is 35.2. The number of phosphoric ester groups is 1. The first-order chi connectivity index (χ1) is 34.3. The molecule has 0 radical (unpaired) electrons. The topological polar surface area (TPSA) is 134 Å². The van der Waals surface area contributed by atoms with Gasteiger partial charge in [-0.3, -0.25) is 18.6 Å². The van der Waals surface area contributed by atoms with Gasteiger partial charge >= 0.3 is 19.8 Å². The third-order valence-electron chi connectivity index (χ3n) is 13.6. The maximum atomic E-state index is 12.7. The fraction of sp³-hybridized carbons (Fsp3) is 0.900. The lowest BCUT2D eigenvalue weighted by molar-refractivity contribution is -0.161. The Morgan fingerprint density at radius 3 is 1.11 bits per heavy atom. The van der Waals surface area contributed by atoms with E-state index in [0.717, 1.165) is 51.4 Å². The molecule has 0 heterocycles. The standard InChI is InChI=1S/C60H116NO8P/c1-3-5-7-9-11-13-15-17-19-21-22-23-24-25-26-27-28-29-30-31-32-33-34-35-37-38-40-42-44-46-48-50-52-59(62)66-56-58(57-68-70(64,65)67-55-54-61)69-60(63)53-51-49-47-45-43-41-39-36-20-18-16-14-12-10-8-6-4-2/h12,14,18,20,58H,3-11,13,15-17,19,21-57,61H2,1-2H3,(H,64,65)/b14-12-,20-18-. The summed E-state index contributed by atoms with van der Waals surface area (Å²) in [5.41, 5.74) is 5.38. The number of phosphoric acid groups is 1. The number of rotatable bonds is 58. The second-order valence-corrected chi connectivity index (χ2v) is 22.0. The highest BCUT2D eigenvalue weighted by molar-refractivity contribution is 7.47. The van der Waals surface area contributed by atoms with Crippen molar-refractivity contribution in [3.05, 3.63) is 24.3 Å². The van der Waals surface area contributed by atoms with Crippen LogP contribution < -0.4 is 5.73 Å². The molecule has 0 amide bonds. The van der Waals surface area contributed by atoms with Crippen LogP contribution in [0.25, 0.3) is 0 Å². The lowest BCUT2D eigenvalue weighted by Crippen LogP contribution is -2.29. The van der Waals surface area contributed by atoms with Crippen molar-refractivity contribution in [1.82, 2.24) is 0 Å². The van der Waals surface area contributed by atoms with E-state index in [1.807, 2.05) is 0 Å². The smallest absolute Gasteiger partial charge is 0.462 e. The highest BCUT2D eigenvalue weighted by atomic mass is 31.2. The van der Waals surface area contributed by atoms with Gasteiger partial charge < -0.3 is 20.1 Å². The number of carbonyl (C=O) groups is 2. The first-order valence-electron chi connectivity index (χ1n) is 30.3. The van der Waals surface area contributed by atoms with Crippen LogP contribution in [-0.2, 0) is 32.7 Å². The van der Waals surface area contributed by atoms with Gasteiger partial charge in [0.25, 0.3) is 0 Å². The monoisotopic (exact) mass is 1010 g/mol. The highest BCUT2D eigenvalue weighted by Gasteiger charge is 2.26. The van der Waals surface area contributed by atoms with E-state index in [9.17, 15) is 19.0 Å². The molecule has 0 aromatic rings. The number of allylic oxidation sites excluding steroid dienone is 4. The lowest BCUT2D eigenvalue weighted by atomic mass is 10.0. The van der Waals surface area contributed by atoms with Crippen LogP contribution in [0.4, 0.5) is 0 Å². The molecule has 2 atom stereocenters. The second-order valence-electron chi connectivity index (χ2n) is 20.6. The largest absolute Gasteiger partial charge is 0.472 e. The van der Waals surface area contributed by atoms with E-state index in [2.05, 4.69) is 38.2 Å². The number of unbranched alkanes of at least 4 members (excludes halogenated alkanes) is 41. The fourth-order valence-electron chi connectivity index (χ4n) is 9.08. The Morgan fingerprint density at radius 1 is 0.429 bits per heavy atom. The summed E-state index contributed by atoms with van der Waals surface area (Å²) in [6.45, 7) is 3.76. The molecule has 0 spiro atoms. The third kappa shape index (κ3) is 55.8. The zero-order valence-corrected chi connectivity index (χ0v) is 47.2. The van der Waals surface area contributed by atoms with E-state index in [-0.39, 0.29) is 38.6 Å². The molecule has 0 aliphatic carbocycles.